The number of carbonyl (C=O) groups is 2. The average Bonchev–Trinajstić information content (AvgIpc) is 3.02. The first-order valence-corrected chi connectivity index (χ1v) is 14.7. The second-order valence-electron chi connectivity index (χ2n) is 10.4. The number of hydrogen-bond donors (Lipinski definition) is 1. The number of carboxylic acid groups (broad SMARTS) is 1. The van der Waals surface area contributed by atoms with Gasteiger partial charge in [0.2, 0.25) is 0 Å². The molecule has 0 saturated carbocycles. The Morgan fingerprint density at radius 2 is 1.16 bits per heavy atom. The van der Waals surface area contributed by atoms with Crippen LogP contribution in [0.5, 0.6) is 0 Å². The Morgan fingerprint density at radius 3 is 1.62 bits per heavy atom. The third-order valence-corrected chi connectivity index (χ3v) is 7.85. The van der Waals surface area contributed by atoms with Crippen LogP contribution in [0.25, 0.3) is 21.8 Å². The molecule has 0 aliphatic carbocycles. The van der Waals surface area contributed by atoms with Crippen LogP contribution < -0.4 is 0 Å². The number of benzene rings is 2. The number of carboxylic acids is 1. The van der Waals surface area contributed by atoms with Gasteiger partial charge < -0.3 is 9.84 Å². The zero-order valence-electron chi connectivity index (χ0n) is 24.7. The van der Waals surface area contributed by atoms with Crippen molar-refractivity contribution >= 4 is 56.9 Å². The van der Waals surface area contributed by atoms with Gasteiger partial charge in [-0.1, -0.05) is 35.3 Å². The number of pyridine rings is 4. The van der Waals surface area contributed by atoms with Crippen LogP contribution in [0.2, 0.25) is 10.0 Å². The van der Waals surface area contributed by atoms with Crippen molar-refractivity contribution in [2.24, 2.45) is 0 Å². The summed E-state index contributed by atoms with van der Waals surface area (Å²) in [6, 6.07) is 22.2. The van der Waals surface area contributed by atoms with Gasteiger partial charge in [0, 0.05) is 47.4 Å². The molecule has 6 aromatic rings. The molecule has 10 heteroatoms. The highest BCUT2D eigenvalue weighted by molar-refractivity contribution is 6.32. The molecule has 0 saturated heterocycles. The summed E-state index contributed by atoms with van der Waals surface area (Å²) in [5, 5.41) is 12.3. The Labute approximate surface area is 269 Å². The van der Waals surface area contributed by atoms with Gasteiger partial charge >= 0.3 is 11.9 Å². The monoisotopic (exact) mass is 638 g/mol. The van der Waals surface area contributed by atoms with Crippen LogP contribution >= 0.6 is 23.2 Å². The zero-order chi connectivity index (χ0) is 32.1. The number of nitrogens with zero attached hydrogens (tertiary/aromatic N) is 4. The van der Waals surface area contributed by atoms with Crippen LogP contribution in [-0.4, -0.2) is 44.1 Å². The lowest BCUT2D eigenvalue weighted by molar-refractivity contribution is 0.0599. The van der Waals surface area contributed by atoms with E-state index in [1.165, 1.54) is 19.4 Å². The Balaban J connectivity index is 0.000000178. The second kappa shape index (κ2) is 13.8. The van der Waals surface area contributed by atoms with Gasteiger partial charge in [-0.25, -0.2) is 9.59 Å². The highest BCUT2D eigenvalue weighted by Gasteiger charge is 2.09. The van der Waals surface area contributed by atoms with Gasteiger partial charge in [-0.15, -0.1) is 0 Å². The molecule has 0 unspecified atom stereocenters. The van der Waals surface area contributed by atoms with Crippen LogP contribution in [0.15, 0.2) is 85.2 Å². The SMILES string of the molecule is COC(=O)c1ccnc(Cc2ccc3nc(C)c(Cl)cc3c2)c1.Cc1nc2ccc(Cc3cc(C(=O)O)ccn3)cc2cc1Cl. The summed E-state index contributed by atoms with van der Waals surface area (Å²) in [5.74, 6) is -1.31. The number of methoxy groups -OCH3 is 1. The van der Waals surface area contributed by atoms with Crippen LogP contribution in [0.3, 0.4) is 0 Å². The number of halogens is 2. The van der Waals surface area contributed by atoms with Crippen LogP contribution in [0, 0.1) is 13.8 Å². The lowest BCUT2D eigenvalue weighted by Crippen LogP contribution is -2.03. The predicted octanol–water partition coefficient (Wildman–Crippen LogP) is 7.85. The van der Waals surface area contributed by atoms with Crippen molar-refractivity contribution in [1.82, 2.24) is 19.9 Å². The van der Waals surface area contributed by atoms with E-state index >= 15 is 0 Å². The normalized spacial score (nSPS) is 10.8. The molecule has 4 aromatic heterocycles. The van der Waals surface area contributed by atoms with Crippen molar-refractivity contribution in [3.63, 3.8) is 0 Å². The molecule has 0 fully saturated rings. The van der Waals surface area contributed by atoms with E-state index in [0.717, 1.165) is 50.0 Å². The first kappa shape index (κ1) is 31.5. The third-order valence-electron chi connectivity index (χ3n) is 7.09. The maximum absolute atomic E-state index is 11.6. The van der Waals surface area contributed by atoms with E-state index in [2.05, 4.69) is 19.9 Å². The van der Waals surface area contributed by atoms with Crippen molar-refractivity contribution < 1.29 is 19.4 Å². The predicted molar refractivity (Wildman–Crippen MR) is 175 cm³/mol. The number of aryl methyl sites for hydroxylation is 2. The molecule has 0 spiro atoms. The largest absolute Gasteiger partial charge is 0.478 e. The number of aromatic nitrogens is 4. The zero-order valence-corrected chi connectivity index (χ0v) is 26.2. The number of hydrogen-bond acceptors (Lipinski definition) is 7. The molecule has 0 amide bonds. The summed E-state index contributed by atoms with van der Waals surface area (Å²) >= 11 is 12.3. The first-order chi connectivity index (χ1) is 21.6. The Morgan fingerprint density at radius 1 is 0.689 bits per heavy atom. The quantitative estimate of drug-likeness (QED) is 0.183. The Hall–Kier alpha value is -4.92. The maximum atomic E-state index is 11.6. The molecule has 0 atom stereocenters. The minimum Gasteiger partial charge on any atom is -0.478 e. The minimum atomic E-state index is -0.950. The van der Waals surface area contributed by atoms with E-state index < -0.39 is 5.97 Å². The van der Waals surface area contributed by atoms with Crippen LogP contribution in [0.4, 0.5) is 0 Å². The van der Waals surface area contributed by atoms with E-state index in [-0.39, 0.29) is 11.5 Å². The van der Waals surface area contributed by atoms with Crippen molar-refractivity contribution in [2.75, 3.05) is 7.11 Å². The molecular weight excluding hydrogens is 611 g/mol. The lowest BCUT2D eigenvalue weighted by Gasteiger charge is -2.06. The Bertz CT molecular complexity index is 2070. The smallest absolute Gasteiger partial charge is 0.337 e. The van der Waals surface area contributed by atoms with E-state index in [9.17, 15) is 9.59 Å². The fourth-order valence-corrected chi connectivity index (χ4v) is 5.08. The maximum Gasteiger partial charge on any atom is 0.337 e. The molecular formula is C35H28Cl2N4O4. The van der Waals surface area contributed by atoms with Crippen molar-refractivity contribution in [2.45, 2.75) is 26.7 Å². The number of esters is 1. The van der Waals surface area contributed by atoms with Gasteiger partial charge in [-0.2, -0.15) is 0 Å². The van der Waals surface area contributed by atoms with Crippen molar-refractivity contribution in [3.05, 3.63) is 140 Å². The molecule has 0 aliphatic rings. The van der Waals surface area contributed by atoms with Crippen molar-refractivity contribution in [3.8, 4) is 0 Å². The summed E-state index contributed by atoms with van der Waals surface area (Å²) in [5.41, 5.74) is 7.79. The number of rotatable bonds is 6. The number of ether oxygens (including phenoxy) is 1. The molecule has 6 rings (SSSR count). The number of aromatic carboxylic acids is 1. The fourth-order valence-electron chi connectivity index (χ4n) is 4.76. The highest BCUT2D eigenvalue weighted by atomic mass is 35.5. The summed E-state index contributed by atoms with van der Waals surface area (Å²) < 4.78 is 4.73. The first-order valence-electron chi connectivity index (χ1n) is 13.9. The fraction of sp³-hybridized carbons (Fsp3) is 0.143. The number of carbonyl (C=O) groups excluding carboxylic acids is 1. The van der Waals surface area contributed by atoms with E-state index in [4.69, 9.17) is 33.0 Å². The molecule has 45 heavy (non-hydrogen) atoms. The molecule has 226 valence electrons. The molecule has 8 nitrogen and oxygen atoms in total. The van der Waals surface area contributed by atoms with Gasteiger partial charge in [-0.3, -0.25) is 19.9 Å². The standard InChI is InChI=1S/C18H15ClN2O2.C17H13ClN2O2/c1-11-16(19)10-14-7-12(3-4-17(14)21-11)8-15-9-13(5-6-20-15)18(22)23-2;1-10-15(18)9-13-6-11(2-3-16(13)20-10)7-14-8-12(17(21)22)4-5-19-14/h3-7,9-10H,8H2,1-2H3;2-6,8-9H,7H2,1H3,(H,21,22). The molecule has 2 aromatic carbocycles. The van der Waals surface area contributed by atoms with Gasteiger partial charge in [0.15, 0.2) is 0 Å². The minimum absolute atomic E-state index is 0.242. The van der Waals surface area contributed by atoms with E-state index in [0.29, 0.717) is 34.1 Å². The molecule has 0 bridgehead atoms. The summed E-state index contributed by atoms with van der Waals surface area (Å²) in [6.07, 6.45) is 4.31. The lowest BCUT2D eigenvalue weighted by atomic mass is 10.0. The molecule has 4 heterocycles. The van der Waals surface area contributed by atoms with E-state index in [1.807, 2.05) is 62.4 Å². The van der Waals surface area contributed by atoms with Crippen LogP contribution in [-0.2, 0) is 17.6 Å². The van der Waals surface area contributed by atoms with E-state index in [1.54, 1.807) is 24.4 Å². The highest BCUT2D eigenvalue weighted by Crippen LogP contribution is 2.24. The summed E-state index contributed by atoms with van der Waals surface area (Å²) in [7, 11) is 1.37. The average molecular weight is 640 g/mol. The molecule has 1 N–H and O–H groups in total. The summed E-state index contributed by atoms with van der Waals surface area (Å²) in [6.45, 7) is 3.76. The topological polar surface area (TPSA) is 115 Å². The molecule has 0 aliphatic heterocycles. The van der Waals surface area contributed by atoms with Gasteiger partial charge in [0.1, 0.15) is 0 Å². The second-order valence-corrected chi connectivity index (χ2v) is 11.2. The van der Waals surface area contributed by atoms with Gasteiger partial charge in [0.05, 0.1) is 50.7 Å². The number of fused-ring (bicyclic) bond motifs is 2. The van der Waals surface area contributed by atoms with Gasteiger partial charge in [-0.05, 0) is 85.6 Å². The summed E-state index contributed by atoms with van der Waals surface area (Å²) in [4.78, 5) is 40.0. The Kier molecular flexibility index (Phi) is 9.66. The van der Waals surface area contributed by atoms with Gasteiger partial charge in [0.25, 0.3) is 0 Å². The third kappa shape index (κ3) is 7.78. The van der Waals surface area contributed by atoms with Crippen molar-refractivity contribution in [1.29, 1.82) is 0 Å². The van der Waals surface area contributed by atoms with Crippen LogP contribution in [0.1, 0.15) is 54.6 Å². The molecule has 0 radical (unpaired) electrons.